The molecule has 2 aromatic rings. The molecule has 4 nitrogen and oxygen atoms in total. The van der Waals surface area contributed by atoms with Crippen molar-refractivity contribution in [3.8, 4) is 0 Å². The van der Waals surface area contributed by atoms with E-state index < -0.39 is 4.92 Å². The SMILES string of the molecule is CC(Nc1ccc(Cl)cc1Br)c1ccc([N+](=O)[O-])cc1. The van der Waals surface area contributed by atoms with Crippen LogP contribution in [0.25, 0.3) is 0 Å². The molecule has 0 heterocycles. The van der Waals surface area contributed by atoms with E-state index in [0.29, 0.717) is 5.02 Å². The van der Waals surface area contributed by atoms with Crippen molar-refractivity contribution in [1.29, 1.82) is 0 Å². The number of anilines is 1. The Morgan fingerprint density at radius 1 is 1.25 bits per heavy atom. The Morgan fingerprint density at radius 2 is 1.90 bits per heavy atom. The summed E-state index contributed by atoms with van der Waals surface area (Å²) >= 11 is 9.34. The van der Waals surface area contributed by atoms with Crippen molar-refractivity contribution >= 4 is 38.9 Å². The number of halogens is 2. The number of nitro benzene ring substituents is 1. The van der Waals surface area contributed by atoms with Gasteiger partial charge < -0.3 is 5.32 Å². The van der Waals surface area contributed by atoms with E-state index in [9.17, 15) is 10.1 Å². The third kappa shape index (κ3) is 3.49. The smallest absolute Gasteiger partial charge is 0.269 e. The van der Waals surface area contributed by atoms with Crippen molar-refractivity contribution in [2.75, 3.05) is 5.32 Å². The van der Waals surface area contributed by atoms with Gasteiger partial charge in [-0.05, 0) is 46.6 Å². The molecule has 0 fully saturated rings. The highest BCUT2D eigenvalue weighted by Crippen LogP contribution is 2.29. The van der Waals surface area contributed by atoms with Gasteiger partial charge in [-0.15, -0.1) is 0 Å². The molecule has 0 aromatic heterocycles. The molecular weight excluding hydrogens is 344 g/mol. The van der Waals surface area contributed by atoms with E-state index in [2.05, 4.69) is 21.2 Å². The summed E-state index contributed by atoms with van der Waals surface area (Å²) in [4.78, 5) is 10.2. The van der Waals surface area contributed by atoms with E-state index in [0.717, 1.165) is 15.7 Å². The molecule has 0 saturated heterocycles. The maximum atomic E-state index is 10.6. The number of nitro groups is 1. The Bertz CT molecular complexity index is 632. The van der Waals surface area contributed by atoms with Gasteiger partial charge in [0.15, 0.2) is 0 Å². The zero-order valence-corrected chi connectivity index (χ0v) is 13.0. The molecule has 1 N–H and O–H groups in total. The molecule has 0 saturated carbocycles. The van der Waals surface area contributed by atoms with Gasteiger partial charge >= 0.3 is 0 Å². The predicted molar refractivity (Wildman–Crippen MR) is 84.3 cm³/mol. The van der Waals surface area contributed by atoms with Gasteiger partial charge in [0.2, 0.25) is 0 Å². The fourth-order valence-corrected chi connectivity index (χ4v) is 2.60. The maximum Gasteiger partial charge on any atom is 0.269 e. The minimum atomic E-state index is -0.405. The van der Waals surface area contributed by atoms with E-state index in [1.54, 1.807) is 18.2 Å². The molecule has 0 aliphatic rings. The minimum absolute atomic E-state index is 0.0216. The quantitative estimate of drug-likeness (QED) is 0.607. The van der Waals surface area contributed by atoms with Gasteiger partial charge in [-0.1, -0.05) is 23.7 Å². The lowest BCUT2D eigenvalue weighted by Crippen LogP contribution is -2.07. The molecule has 1 unspecified atom stereocenters. The summed E-state index contributed by atoms with van der Waals surface area (Å²) in [6.45, 7) is 1.99. The molecule has 2 rings (SSSR count). The van der Waals surface area contributed by atoms with E-state index in [-0.39, 0.29) is 11.7 Å². The number of non-ortho nitro benzene ring substituents is 1. The second kappa shape index (κ2) is 6.24. The number of hydrogen-bond acceptors (Lipinski definition) is 3. The summed E-state index contributed by atoms with van der Waals surface area (Å²) in [5, 5.41) is 14.6. The summed E-state index contributed by atoms with van der Waals surface area (Å²) in [6.07, 6.45) is 0. The first-order valence-electron chi connectivity index (χ1n) is 5.93. The second-order valence-electron chi connectivity index (χ2n) is 4.34. The van der Waals surface area contributed by atoms with E-state index in [1.165, 1.54) is 12.1 Å². The van der Waals surface area contributed by atoms with Crippen LogP contribution < -0.4 is 5.32 Å². The lowest BCUT2D eigenvalue weighted by Gasteiger charge is -2.17. The molecule has 0 spiro atoms. The molecule has 0 bridgehead atoms. The van der Waals surface area contributed by atoms with Crippen molar-refractivity contribution in [2.45, 2.75) is 13.0 Å². The van der Waals surface area contributed by atoms with Gasteiger partial charge in [0, 0.05) is 33.4 Å². The first kappa shape index (κ1) is 14.8. The van der Waals surface area contributed by atoms with Crippen LogP contribution in [-0.2, 0) is 0 Å². The number of hydrogen-bond donors (Lipinski definition) is 1. The summed E-state index contributed by atoms with van der Waals surface area (Å²) in [7, 11) is 0. The van der Waals surface area contributed by atoms with Gasteiger partial charge in [-0.2, -0.15) is 0 Å². The van der Waals surface area contributed by atoms with Crippen LogP contribution in [0, 0.1) is 10.1 Å². The zero-order valence-electron chi connectivity index (χ0n) is 10.6. The molecule has 0 radical (unpaired) electrons. The van der Waals surface area contributed by atoms with Gasteiger partial charge in [-0.3, -0.25) is 10.1 Å². The molecule has 0 amide bonds. The Hall–Kier alpha value is -1.59. The standard InChI is InChI=1S/C14H12BrClN2O2/c1-9(10-2-5-12(6-3-10)18(19)20)17-14-7-4-11(16)8-13(14)15/h2-9,17H,1H3. The normalized spacial score (nSPS) is 11.9. The first-order valence-corrected chi connectivity index (χ1v) is 7.10. The molecule has 2 aromatic carbocycles. The summed E-state index contributed by atoms with van der Waals surface area (Å²) in [5.74, 6) is 0. The Morgan fingerprint density at radius 3 is 2.45 bits per heavy atom. The van der Waals surface area contributed by atoms with Crippen molar-refractivity contribution in [3.63, 3.8) is 0 Å². The van der Waals surface area contributed by atoms with Crippen molar-refractivity contribution < 1.29 is 4.92 Å². The van der Waals surface area contributed by atoms with Gasteiger partial charge in [0.05, 0.1) is 4.92 Å². The third-order valence-corrected chi connectivity index (χ3v) is 3.80. The monoisotopic (exact) mass is 354 g/mol. The molecule has 6 heteroatoms. The molecule has 1 atom stereocenters. The first-order chi connectivity index (χ1) is 9.47. The molecular formula is C14H12BrClN2O2. The summed E-state index contributed by atoms with van der Waals surface area (Å²) in [6, 6.07) is 12.0. The molecule has 0 aliphatic heterocycles. The zero-order chi connectivity index (χ0) is 14.7. The summed E-state index contributed by atoms with van der Waals surface area (Å²) in [5.41, 5.74) is 1.98. The number of benzene rings is 2. The fourth-order valence-electron chi connectivity index (χ4n) is 1.81. The highest BCUT2D eigenvalue weighted by atomic mass is 79.9. The van der Waals surface area contributed by atoms with Crippen LogP contribution in [0.3, 0.4) is 0 Å². The minimum Gasteiger partial charge on any atom is -0.378 e. The average Bonchev–Trinajstić information content (AvgIpc) is 2.42. The Balaban J connectivity index is 2.15. The van der Waals surface area contributed by atoms with Crippen LogP contribution in [0.4, 0.5) is 11.4 Å². The highest BCUT2D eigenvalue weighted by molar-refractivity contribution is 9.10. The second-order valence-corrected chi connectivity index (χ2v) is 5.63. The van der Waals surface area contributed by atoms with Crippen LogP contribution in [0.1, 0.15) is 18.5 Å². The van der Waals surface area contributed by atoms with Crippen LogP contribution >= 0.6 is 27.5 Å². The lowest BCUT2D eigenvalue weighted by atomic mass is 10.1. The average molecular weight is 356 g/mol. The van der Waals surface area contributed by atoms with Gasteiger partial charge in [0.1, 0.15) is 0 Å². The largest absolute Gasteiger partial charge is 0.378 e. The van der Waals surface area contributed by atoms with Crippen molar-refractivity contribution in [3.05, 3.63) is 67.6 Å². The van der Waals surface area contributed by atoms with Crippen LogP contribution in [0.15, 0.2) is 46.9 Å². The van der Waals surface area contributed by atoms with Crippen LogP contribution in [0.5, 0.6) is 0 Å². The number of nitrogens with zero attached hydrogens (tertiary/aromatic N) is 1. The van der Waals surface area contributed by atoms with E-state index >= 15 is 0 Å². The topological polar surface area (TPSA) is 55.2 Å². The van der Waals surface area contributed by atoms with Gasteiger partial charge in [0.25, 0.3) is 5.69 Å². The number of rotatable bonds is 4. The van der Waals surface area contributed by atoms with Crippen molar-refractivity contribution in [2.24, 2.45) is 0 Å². The maximum absolute atomic E-state index is 10.6. The van der Waals surface area contributed by atoms with Crippen LogP contribution in [0.2, 0.25) is 5.02 Å². The predicted octanol–water partition coefficient (Wildman–Crippen LogP) is 5.18. The molecule has 20 heavy (non-hydrogen) atoms. The highest BCUT2D eigenvalue weighted by Gasteiger charge is 2.10. The van der Waals surface area contributed by atoms with Gasteiger partial charge in [-0.25, -0.2) is 0 Å². The Kier molecular flexibility index (Phi) is 4.62. The summed E-state index contributed by atoms with van der Waals surface area (Å²) < 4.78 is 0.874. The fraction of sp³-hybridized carbons (Fsp3) is 0.143. The number of nitrogens with one attached hydrogen (secondary N) is 1. The third-order valence-electron chi connectivity index (χ3n) is 2.91. The van der Waals surface area contributed by atoms with E-state index in [1.807, 2.05) is 19.1 Å². The molecule has 104 valence electrons. The Labute approximate surface area is 130 Å². The van der Waals surface area contributed by atoms with Crippen LogP contribution in [-0.4, -0.2) is 4.92 Å². The van der Waals surface area contributed by atoms with Crippen molar-refractivity contribution in [1.82, 2.24) is 0 Å². The van der Waals surface area contributed by atoms with E-state index in [4.69, 9.17) is 11.6 Å². The lowest BCUT2D eigenvalue weighted by molar-refractivity contribution is -0.384. The molecule has 0 aliphatic carbocycles.